The van der Waals surface area contributed by atoms with Crippen LogP contribution in [0.1, 0.15) is 32.4 Å². The lowest BCUT2D eigenvalue weighted by molar-refractivity contribution is 0.0555. The number of benzene rings is 2. The van der Waals surface area contributed by atoms with Crippen LogP contribution in [0.3, 0.4) is 0 Å². The number of nitrogens with zero attached hydrogens (tertiary/aromatic N) is 1. The molecule has 0 saturated carbocycles. The number of rotatable bonds is 2. The van der Waals surface area contributed by atoms with Gasteiger partial charge in [0.15, 0.2) is 0 Å². The van der Waals surface area contributed by atoms with Crippen molar-refractivity contribution in [2.75, 3.05) is 14.2 Å². The molecule has 6 heteroatoms. The zero-order valence-corrected chi connectivity index (χ0v) is 13.5. The monoisotopic (exact) mass is 325 g/mol. The van der Waals surface area contributed by atoms with Gasteiger partial charge in [-0.15, -0.1) is 0 Å². The highest BCUT2D eigenvalue weighted by Crippen LogP contribution is 2.31. The van der Waals surface area contributed by atoms with E-state index in [9.17, 15) is 14.4 Å². The first-order chi connectivity index (χ1) is 11.5. The summed E-state index contributed by atoms with van der Waals surface area (Å²) in [4.78, 5) is 36.3. The number of methoxy groups -OCH3 is 2. The normalized spacial score (nSPS) is 10.8. The zero-order valence-electron chi connectivity index (χ0n) is 13.5. The molecule has 0 atom stereocenters. The van der Waals surface area contributed by atoms with Crippen LogP contribution in [-0.4, -0.2) is 36.6 Å². The average molecular weight is 325 g/mol. The van der Waals surface area contributed by atoms with Crippen LogP contribution in [0.25, 0.3) is 21.8 Å². The molecule has 0 aliphatic heterocycles. The summed E-state index contributed by atoms with van der Waals surface area (Å²) in [5.74, 6) is -1.50. The maximum Gasteiger partial charge on any atom is 0.338 e. The summed E-state index contributed by atoms with van der Waals surface area (Å²) in [5.41, 5.74) is 1.40. The first-order valence-corrected chi connectivity index (χ1v) is 7.24. The highest BCUT2D eigenvalue weighted by atomic mass is 16.5. The fraction of sp³-hybridized carbons (Fsp3) is 0.167. The molecule has 6 nitrogen and oxygen atoms in total. The van der Waals surface area contributed by atoms with Gasteiger partial charge >= 0.3 is 11.9 Å². The lowest BCUT2D eigenvalue weighted by atomic mass is 10.0. The van der Waals surface area contributed by atoms with Gasteiger partial charge in [0, 0.05) is 17.7 Å². The number of ether oxygens (including phenoxy) is 2. The van der Waals surface area contributed by atoms with E-state index < -0.39 is 11.9 Å². The number of fused-ring (bicyclic) bond motifs is 3. The van der Waals surface area contributed by atoms with Crippen molar-refractivity contribution in [2.24, 2.45) is 0 Å². The van der Waals surface area contributed by atoms with Crippen molar-refractivity contribution >= 4 is 39.7 Å². The molecule has 0 saturated heterocycles. The second-order valence-electron chi connectivity index (χ2n) is 5.27. The summed E-state index contributed by atoms with van der Waals surface area (Å²) in [6.07, 6.45) is 0. The van der Waals surface area contributed by atoms with E-state index in [2.05, 4.69) is 0 Å². The molecule has 0 bridgehead atoms. The standard InChI is InChI=1S/C18H15NO5/c1-10(20)19-15-7-5-4-6-11(15)12-8-13(17(21)23-2)14(9-16(12)19)18(22)24-3/h4-9H,1-3H3. The largest absolute Gasteiger partial charge is 0.465 e. The van der Waals surface area contributed by atoms with E-state index in [1.807, 2.05) is 24.3 Å². The number of para-hydroxylation sites is 1. The first kappa shape index (κ1) is 15.7. The lowest BCUT2D eigenvalue weighted by Crippen LogP contribution is -2.12. The predicted molar refractivity (Wildman–Crippen MR) is 88.4 cm³/mol. The number of aromatic nitrogens is 1. The summed E-state index contributed by atoms with van der Waals surface area (Å²) >= 11 is 0. The molecule has 0 aliphatic carbocycles. The molecular formula is C18H15NO5. The lowest BCUT2D eigenvalue weighted by Gasteiger charge is -2.08. The van der Waals surface area contributed by atoms with Crippen LogP contribution in [0.4, 0.5) is 0 Å². The van der Waals surface area contributed by atoms with Gasteiger partial charge in [-0.25, -0.2) is 9.59 Å². The average Bonchev–Trinajstić information content (AvgIpc) is 2.92. The summed E-state index contributed by atoms with van der Waals surface area (Å²) in [7, 11) is 2.47. The molecule has 0 spiro atoms. The Bertz CT molecular complexity index is 999. The minimum absolute atomic E-state index is 0.0576. The molecule has 2 aromatic carbocycles. The Hall–Kier alpha value is -3.15. The Morgan fingerprint density at radius 3 is 2.00 bits per heavy atom. The molecule has 0 aliphatic rings. The third kappa shape index (κ3) is 2.23. The van der Waals surface area contributed by atoms with E-state index in [-0.39, 0.29) is 17.0 Å². The molecule has 0 radical (unpaired) electrons. The number of carbonyl (C=O) groups excluding carboxylic acids is 3. The minimum atomic E-state index is -0.669. The van der Waals surface area contributed by atoms with Crippen molar-refractivity contribution in [1.82, 2.24) is 4.57 Å². The predicted octanol–water partition coefficient (Wildman–Crippen LogP) is 3.03. The molecular weight excluding hydrogens is 310 g/mol. The van der Waals surface area contributed by atoms with Crippen LogP contribution < -0.4 is 0 Å². The zero-order chi connectivity index (χ0) is 17.4. The van der Waals surface area contributed by atoms with E-state index in [1.165, 1.54) is 31.8 Å². The van der Waals surface area contributed by atoms with Gasteiger partial charge in [0.2, 0.25) is 5.91 Å². The van der Waals surface area contributed by atoms with E-state index in [0.717, 1.165) is 5.39 Å². The van der Waals surface area contributed by atoms with Crippen molar-refractivity contribution in [3.63, 3.8) is 0 Å². The number of hydrogen-bond donors (Lipinski definition) is 0. The number of carbonyl (C=O) groups is 3. The van der Waals surface area contributed by atoms with E-state index in [4.69, 9.17) is 9.47 Å². The van der Waals surface area contributed by atoms with Crippen molar-refractivity contribution < 1.29 is 23.9 Å². The quantitative estimate of drug-likeness (QED) is 0.677. The summed E-state index contributed by atoms with van der Waals surface area (Å²) in [6.45, 7) is 1.44. The first-order valence-electron chi connectivity index (χ1n) is 7.24. The second-order valence-corrected chi connectivity index (χ2v) is 5.27. The molecule has 0 unspecified atom stereocenters. The fourth-order valence-corrected chi connectivity index (χ4v) is 2.91. The van der Waals surface area contributed by atoms with Crippen molar-refractivity contribution in [2.45, 2.75) is 6.92 Å². The molecule has 122 valence electrons. The molecule has 1 heterocycles. The molecule has 24 heavy (non-hydrogen) atoms. The number of hydrogen-bond acceptors (Lipinski definition) is 5. The smallest absolute Gasteiger partial charge is 0.338 e. The van der Waals surface area contributed by atoms with Crippen LogP contribution in [0, 0.1) is 0 Å². The van der Waals surface area contributed by atoms with Gasteiger partial charge in [-0.3, -0.25) is 9.36 Å². The Morgan fingerprint density at radius 2 is 1.42 bits per heavy atom. The molecule has 3 aromatic rings. The van der Waals surface area contributed by atoms with Crippen molar-refractivity contribution in [3.8, 4) is 0 Å². The Kier molecular flexibility index (Phi) is 3.81. The summed E-state index contributed by atoms with van der Waals surface area (Å²) < 4.78 is 11.0. The fourth-order valence-electron chi connectivity index (χ4n) is 2.91. The summed E-state index contributed by atoms with van der Waals surface area (Å²) in [5, 5.41) is 1.50. The van der Waals surface area contributed by atoms with Gasteiger partial charge in [-0.1, -0.05) is 18.2 Å². The third-order valence-electron chi connectivity index (χ3n) is 3.94. The molecule has 3 rings (SSSR count). The van der Waals surface area contributed by atoms with Gasteiger partial charge in [0.1, 0.15) is 0 Å². The van der Waals surface area contributed by atoms with Crippen LogP contribution in [-0.2, 0) is 9.47 Å². The van der Waals surface area contributed by atoms with Gasteiger partial charge < -0.3 is 9.47 Å². The van der Waals surface area contributed by atoms with E-state index >= 15 is 0 Å². The maximum atomic E-state index is 12.1. The molecule has 0 amide bonds. The Labute approximate surface area is 137 Å². The second kappa shape index (κ2) is 5.81. The van der Waals surface area contributed by atoms with E-state index in [1.54, 1.807) is 6.07 Å². The summed E-state index contributed by atoms with van der Waals surface area (Å²) in [6, 6.07) is 10.4. The Balaban J connectivity index is 2.50. The van der Waals surface area contributed by atoms with Gasteiger partial charge in [0.25, 0.3) is 0 Å². The molecule has 0 N–H and O–H groups in total. The van der Waals surface area contributed by atoms with Crippen LogP contribution in [0.2, 0.25) is 0 Å². The molecule has 1 aromatic heterocycles. The highest BCUT2D eigenvalue weighted by molar-refractivity contribution is 6.17. The molecule has 0 fully saturated rings. The minimum Gasteiger partial charge on any atom is -0.465 e. The SMILES string of the molecule is COC(=O)c1cc2c3ccccc3n(C(C)=O)c2cc1C(=O)OC. The topological polar surface area (TPSA) is 74.6 Å². The van der Waals surface area contributed by atoms with Crippen LogP contribution >= 0.6 is 0 Å². The number of esters is 2. The van der Waals surface area contributed by atoms with E-state index in [0.29, 0.717) is 16.4 Å². The van der Waals surface area contributed by atoms with Crippen LogP contribution in [0.5, 0.6) is 0 Å². The maximum absolute atomic E-state index is 12.1. The van der Waals surface area contributed by atoms with Gasteiger partial charge in [-0.05, 0) is 18.2 Å². The van der Waals surface area contributed by atoms with Crippen molar-refractivity contribution in [1.29, 1.82) is 0 Å². The van der Waals surface area contributed by atoms with Crippen molar-refractivity contribution in [3.05, 3.63) is 47.5 Å². The van der Waals surface area contributed by atoms with Gasteiger partial charge in [0.05, 0.1) is 36.4 Å². The third-order valence-corrected chi connectivity index (χ3v) is 3.94. The van der Waals surface area contributed by atoms with Gasteiger partial charge in [-0.2, -0.15) is 0 Å². The van der Waals surface area contributed by atoms with Crippen LogP contribution in [0.15, 0.2) is 36.4 Å². The Morgan fingerprint density at radius 1 is 0.833 bits per heavy atom. The highest BCUT2D eigenvalue weighted by Gasteiger charge is 2.23.